The van der Waals surface area contributed by atoms with E-state index in [2.05, 4.69) is 13.8 Å². The molecule has 2 unspecified atom stereocenters. The average molecular weight is 268 g/mol. The van der Waals surface area contributed by atoms with Crippen molar-refractivity contribution in [1.82, 2.24) is 0 Å². The number of ether oxygens (including phenoxy) is 1. The lowest BCUT2D eigenvalue weighted by molar-refractivity contribution is 0.349. The molecule has 2 nitrogen and oxygen atoms in total. The lowest BCUT2D eigenvalue weighted by Gasteiger charge is -2.20. The molecule has 2 rings (SSSR count). The minimum absolute atomic E-state index is 0.178. The van der Waals surface area contributed by atoms with Gasteiger partial charge >= 0.3 is 0 Å². The van der Waals surface area contributed by atoms with Crippen LogP contribution in [0.25, 0.3) is 0 Å². The summed E-state index contributed by atoms with van der Waals surface area (Å²) < 4.78 is 5.71. The number of nitrogens with two attached hydrogens (primary N) is 1. The Hall–Kier alpha value is -0.730. The molecular formula is C15H22ClNO. The summed E-state index contributed by atoms with van der Waals surface area (Å²) >= 11 is 6.16. The molecule has 0 amide bonds. The quantitative estimate of drug-likeness (QED) is 0.885. The number of halogens is 1. The van der Waals surface area contributed by atoms with Crippen molar-refractivity contribution in [3.8, 4) is 5.75 Å². The maximum absolute atomic E-state index is 6.28. The molecule has 0 aromatic heterocycles. The smallest absolute Gasteiger partial charge is 0.125 e. The SMILES string of the molecule is CCCC(C)C(N)Cc1cc(Cl)cc2c1OCC2. The van der Waals surface area contributed by atoms with Crippen LogP contribution in [-0.2, 0) is 12.8 Å². The van der Waals surface area contributed by atoms with Crippen LogP contribution in [0.15, 0.2) is 12.1 Å². The summed E-state index contributed by atoms with van der Waals surface area (Å²) in [5.74, 6) is 1.56. The molecule has 2 N–H and O–H groups in total. The Morgan fingerprint density at radius 2 is 2.22 bits per heavy atom. The number of hydrogen-bond acceptors (Lipinski definition) is 2. The Kier molecular flexibility index (Phi) is 4.52. The van der Waals surface area contributed by atoms with E-state index in [0.717, 1.165) is 30.2 Å². The van der Waals surface area contributed by atoms with Crippen LogP contribution in [0.5, 0.6) is 5.75 Å². The molecule has 1 aromatic rings. The molecule has 3 heteroatoms. The van der Waals surface area contributed by atoms with E-state index >= 15 is 0 Å². The molecule has 0 aliphatic carbocycles. The van der Waals surface area contributed by atoms with Crippen molar-refractivity contribution in [2.45, 2.75) is 45.6 Å². The van der Waals surface area contributed by atoms with Gasteiger partial charge in [-0.05, 0) is 42.0 Å². The molecule has 0 radical (unpaired) electrons. The third-order valence-electron chi connectivity index (χ3n) is 3.76. The van der Waals surface area contributed by atoms with Crippen LogP contribution in [-0.4, -0.2) is 12.6 Å². The Balaban J connectivity index is 2.14. The fourth-order valence-electron chi connectivity index (χ4n) is 2.62. The Morgan fingerprint density at radius 3 is 2.94 bits per heavy atom. The van der Waals surface area contributed by atoms with Gasteiger partial charge in [0.2, 0.25) is 0 Å². The summed E-state index contributed by atoms with van der Waals surface area (Å²) in [7, 11) is 0. The number of benzene rings is 1. The number of fused-ring (bicyclic) bond motifs is 1. The molecule has 1 aliphatic heterocycles. The van der Waals surface area contributed by atoms with Gasteiger partial charge in [-0.2, -0.15) is 0 Å². The van der Waals surface area contributed by atoms with Crippen LogP contribution in [0.1, 0.15) is 37.8 Å². The third-order valence-corrected chi connectivity index (χ3v) is 3.97. The van der Waals surface area contributed by atoms with Crippen molar-refractivity contribution < 1.29 is 4.74 Å². The molecule has 1 aliphatic rings. The van der Waals surface area contributed by atoms with Gasteiger partial charge in [-0.15, -0.1) is 0 Å². The van der Waals surface area contributed by atoms with Crippen molar-refractivity contribution in [1.29, 1.82) is 0 Å². The van der Waals surface area contributed by atoms with Gasteiger partial charge < -0.3 is 10.5 Å². The van der Waals surface area contributed by atoms with Gasteiger partial charge in [0.05, 0.1) is 6.61 Å². The van der Waals surface area contributed by atoms with Gasteiger partial charge in [0.15, 0.2) is 0 Å². The minimum Gasteiger partial charge on any atom is -0.493 e. The van der Waals surface area contributed by atoms with Crippen LogP contribution < -0.4 is 10.5 Å². The summed E-state index contributed by atoms with van der Waals surface area (Å²) in [6, 6.07) is 4.19. The molecule has 0 saturated carbocycles. The maximum Gasteiger partial charge on any atom is 0.125 e. The summed E-state index contributed by atoms with van der Waals surface area (Å²) in [6.07, 6.45) is 4.16. The van der Waals surface area contributed by atoms with Gasteiger partial charge in [0.25, 0.3) is 0 Å². The van der Waals surface area contributed by atoms with Crippen molar-refractivity contribution in [3.63, 3.8) is 0 Å². The molecule has 1 aromatic carbocycles. The van der Waals surface area contributed by atoms with Crippen molar-refractivity contribution >= 4 is 11.6 Å². The van der Waals surface area contributed by atoms with E-state index in [0.29, 0.717) is 5.92 Å². The first-order valence-electron chi connectivity index (χ1n) is 6.81. The average Bonchev–Trinajstić information content (AvgIpc) is 2.77. The van der Waals surface area contributed by atoms with E-state index in [9.17, 15) is 0 Å². The first-order chi connectivity index (χ1) is 8.61. The zero-order chi connectivity index (χ0) is 13.1. The molecule has 1 heterocycles. The van der Waals surface area contributed by atoms with Crippen molar-refractivity contribution in [2.75, 3.05) is 6.61 Å². The number of hydrogen-bond donors (Lipinski definition) is 1. The highest BCUT2D eigenvalue weighted by Gasteiger charge is 2.21. The van der Waals surface area contributed by atoms with Crippen LogP contribution in [0.2, 0.25) is 5.02 Å². The predicted molar refractivity (Wildman–Crippen MR) is 76.4 cm³/mol. The van der Waals surface area contributed by atoms with Crippen LogP contribution in [0, 0.1) is 5.92 Å². The van der Waals surface area contributed by atoms with Crippen LogP contribution >= 0.6 is 11.6 Å². The fourth-order valence-corrected chi connectivity index (χ4v) is 2.89. The second-order valence-electron chi connectivity index (χ2n) is 5.29. The standard InChI is InChI=1S/C15H22ClNO/c1-3-4-10(2)14(17)9-12-8-13(16)7-11-5-6-18-15(11)12/h7-8,10,14H,3-6,9,17H2,1-2H3. The summed E-state index contributed by atoms with van der Waals surface area (Å²) in [5.41, 5.74) is 8.68. The first kappa shape index (κ1) is 13.7. The second kappa shape index (κ2) is 5.94. The molecule has 100 valence electrons. The van der Waals surface area contributed by atoms with Gasteiger partial charge in [-0.1, -0.05) is 31.9 Å². The molecule has 0 fully saturated rings. The van der Waals surface area contributed by atoms with Crippen LogP contribution in [0.3, 0.4) is 0 Å². The first-order valence-corrected chi connectivity index (χ1v) is 7.19. The highest BCUT2D eigenvalue weighted by atomic mass is 35.5. The summed E-state index contributed by atoms with van der Waals surface area (Å²) in [6.45, 7) is 5.19. The van der Waals surface area contributed by atoms with E-state index < -0.39 is 0 Å². The van der Waals surface area contributed by atoms with Gasteiger partial charge in [0, 0.05) is 17.5 Å². The van der Waals surface area contributed by atoms with Gasteiger partial charge in [-0.25, -0.2) is 0 Å². The Morgan fingerprint density at radius 1 is 1.44 bits per heavy atom. The molecule has 0 saturated heterocycles. The van der Waals surface area contributed by atoms with E-state index in [1.807, 2.05) is 12.1 Å². The summed E-state index contributed by atoms with van der Waals surface area (Å²) in [5, 5.41) is 0.796. The van der Waals surface area contributed by atoms with Gasteiger partial charge in [-0.3, -0.25) is 0 Å². The van der Waals surface area contributed by atoms with E-state index in [-0.39, 0.29) is 6.04 Å². The normalized spacial score (nSPS) is 17.1. The Labute approximate surface area is 114 Å². The lowest BCUT2D eigenvalue weighted by Crippen LogP contribution is -2.30. The third kappa shape index (κ3) is 2.99. The zero-order valence-corrected chi connectivity index (χ0v) is 12.0. The molecular weight excluding hydrogens is 246 g/mol. The molecule has 0 spiro atoms. The highest BCUT2D eigenvalue weighted by Crippen LogP contribution is 2.34. The predicted octanol–water partition coefficient (Wildman–Crippen LogP) is 3.58. The zero-order valence-electron chi connectivity index (χ0n) is 11.2. The van der Waals surface area contributed by atoms with E-state index in [1.165, 1.54) is 24.0 Å². The monoisotopic (exact) mass is 267 g/mol. The van der Waals surface area contributed by atoms with Crippen molar-refractivity contribution in [2.24, 2.45) is 11.7 Å². The van der Waals surface area contributed by atoms with Gasteiger partial charge in [0.1, 0.15) is 5.75 Å². The topological polar surface area (TPSA) is 35.2 Å². The molecule has 0 bridgehead atoms. The largest absolute Gasteiger partial charge is 0.493 e. The maximum atomic E-state index is 6.28. The minimum atomic E-state index is 0.178. The van der Waals surface area contributed by atoms with E-state index in [1.54, 1.807) is 0 Å². The highest BCUT2D eigenvalue weighted by molar-refractivity contribution is 6.30. The van der Waals surface area contributed by atoms with Crippen molar-refractivity contribution in [3.05, 3.63) is 28.3 Å². The lowest BCUT2D eigenvalue weighted by atomic mass is 9.91. The summed E-state index contributed by atoms with van der Waals surface area (Å²) in [4.78, 5) is 0. The van der Waals surface area contributed by atoms with Crippen LogP contribution in [0.4, 0.5) is 0 Å². The molecule has 2 atom stereocenters. The fraction of sp³-hybridized carbons (Fsp3) is 0.600. The van der Waals surface area contributed by atoms with E-state index in [4.69, 9.17) is 22.1 Å². The number of rotatable bonds is 5. The second-order valence-corrected chi connectivity index (χ2v) is 5.72. The Bertz CT molecular complexity index is 419. The molecule has 18 heavy (non-hydrogen) atoms.